The summed E-state index contributed by atoms with van der Waals surface area (Å²) in [6, 6.07) is 5.48. The van der Waals surface area contributed by atoms with Crippen LogP contribution in [-0.4, -0.2) is 21.0 Å². The quantitative estimate of drug-likeness (QED) is 0.689. The van der Waals surface area contributed by atoms with Crippen LogP contribution in [0.15, 0.2) is 23.1 Å². The molecule has 0 aliphatic rings. The lowest BCUT2D eigenvalue weighted by molar-refractivity contribution is 0.529. The Balaban J connectivity index is 2.99. The molecule has 0 heterocycles. The summed E-state index contributed by atoms with van der Waals surface area (Å²) in [4.78, 5) is 0.394. The van der Waals surface area contributed by atoms with Crippen molar-refractivity contribution in [3.63, 3.8) is 0 Å². The van der Waals surface area contributed by atoms with Crippen LogP contribution in [0, 0.1) is 6.92 Å². The number of nitrogens with one attached hydrogen (secondary N) is 2. The van der Waals surface area contributed by atoms with Gasteiger partial charge in [0.05, 0.1) is 4.90 Å². The van der Waals surface area contributed by atoms with Crippen molar-refractivity contribution in [1.29, 1.82) is 0 Å². The van der Waals surface area contributed by atoms with Gasteiger partial charge in [0, 0.05) is 12.6 Å². The zero-order valence-corrected chi connectivity index (χ0v) is 14.4. The van der Waals surface area contributed by atoms with Gasteiger partial charge in [0.1, 0.15) is 0 Å². The SMILES string of the molecule is CCCNCc1cccc(S(=O)(=O)NC(CC)CC)c1C. The average Bonchev–Trinajstić information content (AvgIpc) is 2.46. The van der Waals surface area contributed by atoms with Crippen LogP contribution in [0.3, 0.4) is 0 Å². The molecule has 0 unspecified atom stereocenters. The van der Waals surface area contributed by atoms with E-state index in [1.165, 1.54) is 0 Å². The Morgan fingerprint density at radius 2 is 1.81 bits per heavy atom. The van der Waals surface area contributed by atoms with Gasteiger partial charge in [-0.1, -0.05) is 32.9 Å². The molecule has 0 atom stereocenters. The molecule has 1 aromatic rings. The average molecular weight is 312 g/mol. The molecule has 0 aliphatic heterocycles. The standard InChI is InChI=1S/C16H28N2O2S/c1-5-11-17-12-14-9-8-10-16(13(14)4)21(19,20)18-15(6-2)7-3/h8-10,15,17-18H,5-7,11-12H2,1-4H3. The largest absolute Gasteiger partial charge is 0.313 e. The van der Waals surface area contributed by atoms with Crippen LogP contribution >= 0.6 is 0 Å². The molecule has 0 amide bonds. The topological polar surface area (TPSA) is 58.2 Å². The van der Waals surface area contributed by atoms with Gasteiger partial charge in [-0.05, 0) is 49.9 Å². The highest BCUT2D eigenvalue weighted by atomic mass is 32.2. The summed E-state index contributed by atoms with van der Waals surface area (Å²) in [6.07, 6.45) is 2.66. The lowest BCUT2D eigenvalue weighted by atomic mass is 10.1. The minimum atomic E-state index is -3.45. The van der Waals surface area contributed by atoms with Gasteiger partial charge in [-0.3, -0.25) is 0 Å². The van der Waals surface area contributed by atoms with E-state index >= 15 is 0 Å². The van der Waals surface area contributed by atoms with Crippen molar-refractivity contribution < 1.29 is 8.42 Å². The lowest BCUT2D eigenvalue weighted by Gasteiger charge is -2.17. The van der Waals surface area contributed by atoms with E-state index in [0.717, 1.165) is 36.9 Å². The predicted molar refractivity (Wildman–Crippen MR) is 87.9 cm³/mol. The first-order valence-corrected chi connectivity index (χ1v) is 9.26. The fourth-order valence-corrected chi connectivity index (χ4v) is 3.97. The first-order chi connectivity index (χ1) is 9.96. The minimum Gasteiger partial charge on any atom is -0.313 e. The van der Waals surface area contributed by atoms with Crippen molar-refractivity contribution >= 4 is 10.0 Å². The van der Waals surface area contributed by atoms with E-state index < -0.39 is 10.0 Å². The molecule has 0 aliphatic carbocycles. The molecule has 0 fully saturated rings. The van der Waals surface area contributed by atoms with Gasteiger partial charge in [-0.2, -0.15) is 0 Å². The first kappa shape index (κ1) is 18.1. The normalized spacial score (nSPS) is 12.0. The molecule has 21 heavy (non-hydrogen) atoms. The van der Waals surface area contributed by atoms with Crippen LogP contribution in [-0.2, 0) is 16.6 Å². The lowest BCUT2D eigenvalue weighted by Crippen LogP contribution is -2.34. The summed E-state index contributed by atoms with van der Waals surface area (Å²) in [7, 11) is -3.45. The van der Waals surface area contributed by atoms with Crippen LogP contribution in [0.1, 0.15) is 51.2 Å². The molecule has 0 radical (unpaired) electrons. The molecule has 0 saturated heterocycles. The number of rotatable bonds is 9. The molecule has 4 nitrogen and oxygen atoms in total. The van der Waals surface area contributed by atoms with Crippen molar-refractivity contribution in [3.8, 4) is 0 Å². The van der Waals surface area contributed by atoms with E-state index in [0.29, 0.717) is 11.4 Å². The van der Waals surface area contributed by atoms with Crippen molar-refractivity contribution in [3.05, 3.63) is 29.3 Å². The third-order valence-electron chi connectivity index (χ3n) is 3.74. The highest BCUT2D eigenvalue weighted by Crippen LogP contribution is 2.19. The summed E-state index contributed by atoms with van der Waals surface area (Å²) in [5.41, 5.74) is 1.87. The number of hydrogen-bond donors (Lipinski definition) is 2. The van der Waals surface area contributed by atoms with Gasteiger partial charge in [-0.25, -0.2) is 13.1 Å². The molecule has 0 saturated carbocycles. The molecular formula is C16H28N2O2S. The summed E-state index contributed by atoms with van der Waals surface area (Å²) in [6.45, 7) is 9.62. The van der Waals surface area contributed by atoms with E-state index in [2.05, 4.69) is 17.0 Å². The van der Waals surface area contributed by atoms with Crippen LogP contribution in [0.25, 0.3) is 0 Å². The molecule has 0 spiro atoms. The molecule has 5 heteroatoms. The first-order valence-electron chi connectivity index (χ1n) is 7.77. The summed E-state index contributed by atoms with van der Waals surface area (Å²) in [5.74, 6) is 0. The van der Waals surface area contributed by atoms with Crippen LogP contribution in [0.5, 0.6) is 0 Å². The Morgan fingerprint density at radius 1 is 1.14 bits per heavy atom. The van der Waals surface area contributed by atoms with Gasteiger partial charge in [0.15, 0.2) is 0 Å². The van der Waals surface area contributed by atoms with Crippen LogP contribution in [0.4, 0.5) is 0 Å². The Hall–Kier alpha value is -0.910. The second-order valence-electron chi connectivity index (χ2n) is 5.35. The predicted octanol–water partition coefficient (Wildman–Crippen LogP) is 2.96. The Morgan fingerprint density at radius 3 is 2.38 bits per heavy atom. The number of sulfonamides is 1. The zero-order chi connectivity index (χ0) is 15.9. The molecule has 2 N–H and O–H groups in total. The second kappa shape index (κ2) is 8.51. The van der Waals surface area contributed by atoms with E-state index in [1.54, 1.807) is 6.07 Å². The molecule has 0 bridgehead atoms. The highest BCUT2D eigenvalue weighted by molar-refractivity contribution is 7.89. The Kier molecular flexibility index (Phi) is 7.35. The maximum atomic E-state index is 12.5. The van der Waals surface area contributed by atoms with Crippen molar-refractivity contribution in [2.75, 3.05) is 6.54 Å². The van der Waals surface area contributed by atoms with Crippen molar-refractivity contribution in [2.45, 2.75) is 64.4 Å². The molecular weight excluding hydrogens is 284 g/mol. The van der Waals surface area contributed by atoms with Crippen LogP contribution < -0.4 is 10.0 Å². The summed E-state index contributed by atoms with van der Waals surface area (Å²) in [5, 5.41) is 3.32. The molecule has 1 rings (SSSR count). The maximum absolute atomic E-state index is 12.5. The fourth-order valence-electron chi connectivity index (χ4n) is 2.28. The monoisotopic (exact) mass is 312 g/mol. The highest BCUT2D eigenvalue weighted by Gasteiger charge is 2.21. The molecule has 1 aromatic carbocycles. The van der Waals surface area contributed by atoms with Gasteiger partial charge >= 0.3 is 0 Å². The number of hydrogen-bond acceptors (Lipinski definition) is 3. The van der Waals surface area contributed by atoms with Gasteiger partial charge < -0.3 is 5.32 Å². The number of benzene rings is 1. The van der Waals surface area contributed by atoms with E-state index in [1.807, 2.05) is 32.9 Å². The minimum absolute atomic E-state index is 0.00345. The van der Waals surface area contributed by atoms with E-state index in [-0.39, 0.29) is 6.04 Å². The fraction of sp³-hybridized carbons (Fsp3) is 0.625. The van der Waals surface area contributed by atoms with E-state index in [4.69, 9.17) is 0 Å². The van der Waals surface area contributed by atoms with Crippen LogP contribution in [0.2, 0.25) is 0 Å². The summed E-state index contributed by atoms with van der Waals surface area (Å²) >= 11 is 0. The Labute approximate surface area is 129 Å². The van der Waals surface area contributed by atoms with Crippen molar-refractivity contribution in [2.24, 2.45) is 0 Å². The third kappa shape index (κ3) is 5.09. The third-order valence-corrected chi connectivity index (χ3v) is 5.40. The molecule has 120 valence electrons. The summed E-state index contributed by atoms with van der Waals surface area (Å²) < 4.78 is 27.9. The van der Waals surface area contributed by atoms with Gasteiger partial charge in [-0.15, -0.1) is 0 Å². The van der Waals surface area contributed by atoms with Crippen molar-refractivity contribution in [1.82, 2.24) is 10.0 Å². The van der Waals surface area contributed by atoms with E-state index in [9.17, 15) is 8.42 Å². The van der Waals surface area contributed by atoms with Gasteiger partial charge in [0.25, 0.3) is 0 Å². The Bertz CT molecular complexity index is 537. The second-order valence-corrected chi connectivity index (χ2v) is 7.03. The smallest absolute Gasteiger partial charge is 0.241 e. The molecule has 0 aromatic heterocycles. The van der Waals surface area contributed by atoms with Gasteiger partial charge in [0.2, 0.25) is 10.0 Å². The zero-order valence-electron chi connectivity index (χ0n) is 13.6. The maximum Gasteiger partial charge on any atom is 0.241 e.